The van der Waals surface area contributed by atoms with E-state index in [1.807, 2.05) is 0 Å². The van der Waals surface area contributed by atoms with E-state index in [0.29, 0.717) is 12.1 Å². The van der Waals surface area contributed by atoms with Crippen LogP contribution in [0.4, 0.5) is 0 Å². The van der Waals surface area contributed by atoms with E-state index >= 15 is 0 Å². The maximum Gasteiger partial charge on any atom is 0.119 e. The Hall–Kier alpha value is -1.06. The van der Waals surface area contributed by atoms with Crippen molar-refractivity contribution in [1.29, 1.82) is 0 Å². The minimum absolute atomic E-state index is 0.351. The highest BCUT2D eigenvalue weighted by molar-refractivity contribution is 5.28. The van der Waals surface area contributed by atoms with Crippen molar-refractivity contribution in [3.8, 4) is 5.75 Å². The second-order valence-corrected chi connectivity index (χ2v) is 5.18. The fourth-order valence-electron chi connectivity index (χ4n) is 2.30. The van der Waals surface area contributed by atoms with E-state index in [4.69, 9.17) is 9.47 Å². The third kappa shape index (κ3) is 4.51. The number of rotatable bonds is 7. The first kappa shape index (κ1) is 14.4. The maximum absolute atomic E-state index is 5.62. The lowest BCUT2D eigenvalue weighted by Gasteiger charge is -2.17. The van der Waals surface area contributed by atoms with E-state index in [-0.39, 0.29) is 0 Å². The fourth-order valence-corrected chi connectivity index (χ4v) is 2.30. The summed E-state index contributed by atoms with van der Waals surface area (Å²) in [6.45, 7) is 6.95. The van der Waals surface area contributed by atoms with Crippen molar-refractivity contribution < 1.29 is 9.47 Å². The van der Waals surface area contributed by atoms with E-state index in [0.717, 1.165) is 31.9 Å². The number of nitrogens with one attached hydrogen (secondary N) is 1. The molecular weight excluding hydrogens is 238 g/mol. The number of ether oxygens (including phenoxy) is 2. The largest absolute Gasteiger partial charge is 0.494 e. The van der Waals surface area contributed by atoms with E-state index in [1.165, 1.54) is 18.4 Å². The van der Waals surface area contributed by atoms with Gasteiger partial charge >= 0.3 is 0 Å². The van der Waals surface area contributed by atoms with Crippen LogP contribution in [0.15, 0.2) is 24.3 Å². The van der Waals surface area contributed by atoms with Crippen molar-refractivity contribution in [3.05, 3.63) is 29.8 Å². The quantitative estimate of drug-likeness (QED) is 0.818. The van der Waals surface area contributed by atoms with Gasteiger partial charge in [-0.15, -0.1) is 0 Å². The maximum atomic E-state index is 5.62. The Balaban J connectivity index is 1.79. The van der Waals surface area contributed by atoms with E-state index in [1.54, 1.807) is 0 Å². The number of hydrogen-bond acceptors (Lipinski definition) is 3. The standard InChI is InChI=1S/C16H25NO2/c1-3-10-18-15-8-6-14(7-9-15)13(2)17-12-16-5-4-11-19-16/h6-9,13,16-17H,3-5,10-12H2,1-2H3/t13-,16-/m0/s1. The number of hydrogen-bond donors (Lipinski definition) is 1. The topological polar surface area (TPSA) is 30.5 Å². The molecular formula is C16H25NO2. The van der Waals surface area contributed by atoms with Gasteiger partial charge < -0.3 is 14.8 Å². The fraction of sp³-hybridized carbons (Fsp3) is 0.625. The second-order valence-electron chi connectivity index (χ2n) is 5.18. The molecule has 1 aromatic carbocycles. The molecule has 1 aliphatic heterocycles. The molecule has 0 unspecified atom stereocenters. The predicted octanol–water partition coefficient (Wildman–Crippen LogP) is 3.31. The summed E-state index contributed by atoms with van der Waals surface area (Å²) in [6, 6.07) is 8.73. The van der Waals surface area contributed by atoms with Crippen LogP contribution in [0.25, 0.3) is 0 Å². The van der Waals surface area contributed by atoms with Gasteiger partial charge in [-0.2, -0.15) is 0 Å². The molecule has 0 bridgehead atoms. The molecule has 1 heterocycles. The molecule has 0 aromatic heterocycles. The summed E-state index contributed by atoms with van der Waals surface area (Å²) in [7, 11) is 0. The van der Waals surface area contributed by atoms with E-state index < -0.39 is 0 Å². The molecule has 1 aromatic rings. The first-order valence-corrected chi connectivity index (χ1v) is 7.37. The van der Waals surface area contributed by atoms with E-state index in [2.05, 4.69) is 43.4 Å². The van der Waals surface area contributed by atoms with Gasteiger partial charge in [-0.3, -0.25) is 0 Å². The van der Waals surface area contributed by atoms with Crippen LogP contribution < -0.4 is 10.1 Å². The molecule has 3 heteroatoms. The molecule has 106 valence electrons. The molecule has 0 aliphatic carbocycles. The van der Waals surface area contributed by atoms with Crippen LogP contribution in [0, 0.1) is 0 Å². The molecule has 0 radical (unpaired) electrons. The molecule has 0 saturated carbocycles. The minimum atomic E-state index is 0.351. The summed E-state index contributed by atoms with van der Waals surface area (Å²) >= 11 is 0. The van der Waals surface area contributed by atoms with Crippen LogP contribution in [0.3, 0.4) is 0 Å². The van der Waals surface area contributed by atoms with Crippen molar-refractivity contribution in [2.45, 2.75) is 45.3 Å². The summed E-state index contributed by atoms with van der Waals surface area (Å²) in [6.07, 6.45) is 3.82. The van der Waals surface area contributed by atoms with Crippen LogP contribution in [-0.4, -0.2) is 25.9 Å². The number of benzene rings is 1. The Morgan fingerprint density at radius 3 is 2.79 bits per heavy atom. The minimum Gasteiger partial charge on any atom is -0.494 e. The average Bonchev–Trinajstić information content (AvgIpc) is 2.96. The molecule has 1 saturated heterocycles. The Bertz CT molecular complexity index is 358. The van der Waals surface area contributed by atoms with Crippen LogP contribution in [0.1, 0.15) is 44.7 Å². The first-order chi connectivity index (χ1) is 9.29. The van der Waals surface area contributed by atoms with Crippen LogP contribution in [0.5, 0.6) is 5.75 Å². The molecule has 3 nitrogen and oxygen atoms in total. The van der Waals surface area contributed by atoms with Gasteiger partial charge in [-0.25, -0.2) is 0 Å². The molecule has 0 amide bonds. The molecule has 1 aliphatic rings. The van der Waals surface area contributed by atoms with Crippen molar-refractivity contribution in [2.75, 3.05) is 19.8 Å². The zero-order valence-electron chi connectivity index (χ0n) is 12.0. The monoisotopic (exact) mass is 263 g/mol. The lowest BCUT2D eigenvalue weighted by molar-refractivity contribution is 0.108. The lowest BCUT2D eigenvalue weighted by Crippen LogP contribution is -2.28. The summed E-state index contributed by atoms with van der Waals surface area (Å²) in [4.78, 5) is 0. The average molecular weight is 263 g/mol. The van der Waals surface area contributed by atoms with Gasteiger partial charge in [0.15, 0.2) is 0 Å². The SMILES string of the molecule is CCCOc1ccc([C@H](C)NC[C@@H]2CCCO2)cc1. The van der Waals surface area contributed by atoms with Crippen molar-refractivity contribution in [2.24, 2.45) is 0 Å². The third-order valence-electron chi connectivity index (χ3n) is 3.53. The summed E-state index contributed by atoms with van der Waals surface area (Å²) in [5.74, 6) is 0.955. The summed E-state index contributed by atoms with van der Waals surface area (Å²) < 4.78 is 11.2. The van der Waals surface area contributed by atoms with Crippen LogP contribution in [0.2, 0.25) is 0 Å². The van der Waals surface area contributed by atoms with Gasteiger partial charge in [0.05, 0.1) is 12.7 Å². The van der Waals surface area contributed by atoms with Gasteiger partial charge in [0, 0.05) is 19.2 Å². The Kier molecular flexibility index (Phi) is 5.67. The van der Waals surface area contributed by atoms with Gasteiger partial charge in [-0.05, 0) is 43.9 Å². The smallest absolute Gasteiger partial charge is 0.119 e. The highest BCUT2D eigenvalue weighted by atomic mass is 16.5. The van der Waals surface area contributed by atoms with Crippen molar-refractivity contribution >= 4 is 0 Å². The molecule has 2 rings (SSSR count). The zero-order chi connectivity index (χ0) is 13.5. The molecule has 0 spiro atoms. The van der Waals surface area contributed by atoms with Crippen molar-refractivity contribution in [3.63, 3.8) is 0 Å². The highest BCUT2D eigenvalue weighted by Crippen LogP contribution is 2.18. The van der Waals surface area contributed by atoms with Crippen molar-refractivity contribution in [1.82, 2.24) is 5.32 Å². The molecule has 19 heavy (non-hydrogen) atoms. The Morgan fingerprint density at radius 2 is 2.16 bits per heavy atom. The van der Waals surface area contributed by atoms with Gasteiger partial charge in [-0.1, -0.05) is 19.1 Å². The van der Waals surface area contributed by atoms with Crippen LogP contribution >= 0.6 is 0 Å². The van der Waals surface area contributed by atoms with Gasteiger partial charge in [0.1, 0.15) is 5.75 Å². The van der Waals surface area contributed by atoms with Gasteiger partial charge in [0.2, 0.25) is 0 Å². The molecule has 1 fully saturated rings. The second kappa shape index (κ2) is 7.51. The van der Waals surface area contributed by atoms with Gasteiger partial charge in [0.25, 0.3) is 0 Å². The Morgan fingerprint density at radius 1 is 1.37 bits per heavy atom. The van der Waals surface area contributed by atoms with E-state index in [9.17, 15) is 0 Å². The highest BCUT2D eigenvalue weighted by Gasteiger charge is 2.16. The molecule has 2 atom stereocenters. The lowest BCUT2D eigenvalue weighted by atomic mass is 10.1. The molecule has 1 N–H and O–H groups in total. The summed E-state index contributed by atoms with van der Waals surface area (Å²) in [5.41, 5.74) is 1.29. The first-order valence-electron chi connectivity index (χ1n) is 7.37. The third-order valence-corrected chi connectivity index (χ3v) is 3.53. The zero-order valence-corrected chi connectivity index (χ0v) is 12.0. The normalized spacial score (nSPS) is 20.4. The van der Waals surface area contributed by atoms with Crippen LogP contribution in [-0.2, 0) is 4.74 Å². The summed E-state index contributed by atoms with van der Waals surface area (Å²) in [5, 5.41) is 3.54. The predicted molar refractivity (Wildman–Crippen MR) is 77.6 cm³/mol. The Labute approximate surface area is 116 Å².